The monoisotopic (exact) mass is 532 g/mol. The zero-order chi connectivity index (χ0) is 27.4. The van der Waals surface area contributed by atoms with E-state index in [9.17, 15) is 10.1 Å². The molecule has 39 heavy (non-hydrogen) atoms. The Morgan fingerprint density at radius 1 is 1.10 bits per heavy atom. The Bertz CT molecular complexity index is 1330. The quantitative estimate of drug-likeness (QED) is 0.466. The van der Waals surface area contributed by atoms with Gasteiger partial charge in [-0.3, -0.25) is 4.90 Å². The van der Waals surface area contributed by atoms with Crippen LogP contribution in [0.5, 0.6) is 5.75 Å². The SMILES string of the molecule is CCOc1cc(-c2ccc(N3CCC(CN4CCN(CC)CC4)(OC(N)=O)CC3)nc2)c2c(C#N)cnn2c1. The van der Waals surface area contributed by atoms with Gasteiger partial charge in [0.2, 0.25) is 0 Å². The maximum Gasteiger partial charge on any atom is 0.405 e. The number of ether oxygens (including phenoxy) is 2. The second kappa shape index (κ2) is 11.5. The number of nitrogens with two attached hydrogens (primary N) is 1. The topological polar surface area (TPSA) is 125 Å². The molecule has 2 fully saturated rings. The number of carbonyl (C=O) groups excluding carboxylic acids is 1. The van der Waals surface area contributed by atoms with Crippen LogP contribution in [0.15, 0.2) is 36.8 Å². The summed E-state index contributed by atoms with van der Waals surface area (Å²) in [5.74, 6) is 1.53. The highest BCUT2D eigenvalue weighted by atomic mass is 16.6. The summed E-state index contributed by atoms with van der Waals surface area (Å²) in [4.78, 5) is 23.6. The van der Waals surface area contributed by atoms with Crippen LogP contribution in [0.25, 0.3) is 16.6 Å². The van der Waals surface area contributed by atoms with Crippen LogP contribution in [0.1, 0.15) is 32.3 Å². The fourth-order valence-electron chi connectivity index (χ4n) is 5.70. The first-order valence-corrected chi connectivity index (χ1v) is 13.6. The van der Waals surface area contributed by atoms with E-state index in [4.69, 9.17) is 20.2 Å². The molecule has 5 heterocycles. The van der Waals surface area contributed by atoms with Gasteiger partial charge in [-0.25, -0.2) is 14.3 Å². The summed E-state index contributed by atoms with van der Waals surface area (Å²) in [5.41, 5.74) is 7.85. The minimum absolute atomic E-state index is 0.495. The third-order valence-electron chi connectivity index (χ3n) is 7.82. The van der Waals surface area contributed by atoms with Crippen LogP contribution in [-0.4, -0.2) is 95.1 Å². The van der Waals surface area contributed by atoms with E-state index in [0.717, 1.165) is 55.2 Å². The second-order valence-corrected chi connectivity index (χ2v) is 10.2. The number of fused-ring (bicyclic) bond motifs is 1. The van der Waals surface area contributed by atoms with Gasteiger partial charge in [0.25, 0.3) is 0 Å². The lowest BCUT2D eigenvalue weighted by molar-refractivity contribution is -0.0360. The Morgan fingerprint density at radius 2 is 1.85 bits per heavy atom. The molecule has 2 aliphatic rings. The first-order valence-electron chi connectivity index (χ1n) is 13.6. The molecular weight excluding hydrogens is 496 g/mol. The summed E-state index contributed by atoms with van der Waals surface area (Å²) >= 11 is 0. The van der Waals surface area contributed by atoms with Gasteiger partial charge in [0.05, 0.1) is 30.1 Å². The van der Waals surface area contributed by atoms with Crippen molar-refractivity contribution in [3.8, 4) is 22.9 Å². The molecule has 2 saturated heterocycles. The number of nitriles is 1. The predicted octanol–water partition coefficient (Wildman–Crippen LogP) is 2.74. The number of nitrogens with zero attached hydrogens (tertiary/aromatic N) is 7. The van der Waals surface area contributed by atoms with Crippen molar-refractivity contribution in [3.05, 3.63) is 42.4 Å². The van der Waals surface area contributed by atoms with Gasteiger partial charge in [0.1, 0.15) is 23.2 Å². The van der Waals surface area contributed by atoms with E-state index in [1.54, 1.807) is 16.9 Å². The average molecular weight is 533 g/mol. The highest BCUT2D eigenvalue weighted by Gasteiger charge is 2.40. The molecule has 0 aromatic carbocycles. The number of pyridine rings is 2. The zero-order valence-corrected chi connectivity index (χ0v) is 22.7. The van der Waals surface area contributed by atoms with Crippen LogP contribution < -0.4 is 15.4 Å². The molecule has 0 bridgehead atoms. The molecule has 0 aliphatic carbocycles. The summed E-state index contributed by atoms with van der Waals surface area (Å²) in [5, 5.41) is 13.9. The Morgan fingerprint density at radius 3 is 2.46 bits per heavy atom. The standard InChI is InChI=1S/C28H36N8O3/c1-3-33-11-13-34(14-12-33)20-28(39-27(30)37)7-9-35(10-8-28)25-6-5-21(17-31-25)24-15-23(38-4-2)19-36-26(24)22(16-29)18-32-36/h5-6,15,17-19H,3-4,7-14,20H2,1-2H3,(H2,30,37). The molecule has 11 nitrogen and oxygen atoms in total. The lowest BCUT2D eigenvalue weighted by atomic mass is 9.90. The minimum Gasteiger partial charge on any atom is -0.492 e. The van der Waals surface area contributed by atoms with E-state index in [1.165, 1.54) is 0 Å². The molecule has 0 unspecified atom stereocenters. The molecule has 11 heteroatoms. The number of rotatable bonds is 8. The highest BCUT2D eigenvalue weighted by molar-refractivity contribution is 5.85. The van der Waals surface area contributed by atoms with Crippen molar-refractivity contribution in [1.82, 2.24) is 24.4 Å². The number of piperidine rings is 1. The van der Waals surface area contributed by atoms with Crippen molar-refractivity contribution in [3.63, 3.8) is 0 Å². The number of hydrogen-bond donors (Lipinski definition) is 1. The van der Waals surface area contributed by atoms with Crippen molar-refractivity contribution in [2.75, 3.05) is 63.9 Å². The van der Waals surface area contributed by atoms with Crippen molar-refractivity contribution in [2.45, 2.75) is 32.3 Å². The van der Waals surface area contributed by atoms with Crippen molar-refractivity contribution in [1.29, 1.82) is 5.26 Å². The van der Waals surface area contributed by atoms with Crippen LogP contribution in [0, 0.1) is 11.3 Å². The fourth-order valence-corrected chi connectivity index (χ4v) is 5.70. The number of hydrogen-bond acceptors (Lipinski definition) is 9. The molecule has 0 spiro atoms. The lowest BCUT2D eigenvalue weighted by Crippen LogP contribution is -2.57. The zero-order valence-electron chi connectivity index (χ0n) is 22.7. The van der Waals surface area contributed by atoms with Crippen LogP contribution in [-0.2, 0) is 4.74 Å². The molecule has 2 N–H and O–H groups in total. The maximum atomic E-state index is 11.8. The van der Waals surface area contributed by atoms with Gasteiger partial charge in [-0.1, -0.05) is 6.92 Å². The number of anilines is 1. The molecule has 3 aromatic heterocycles. The average Bonchev–Trinajstić information content (AvgIpc) is 3.36. The van der Waals surface area contributed by atoms with Crippen molar-refractivity contribution < 1.29 is 14.3 Å². The van der Waals surface area contributed by atoms with Gasteiger partial charge in [-0.2, -0.15) is 10.4 Å². The summed E-state index contributed by atoms with van der Waals surface area (Å²) in [7, 11) is 0. The molecule has 5 rings (SSSR count). The number of piperazine rings is 1. The van der Waals surface area contributed by atoms with Gasteiger partial charge < -0.3 is 25.0 Å². The van der Waals surface area contributed by atoms with E-state index in [1.807, 2.05) is 31.3 Å². The highest BCUT2D eigenvalue weighted by Crippen LogP contribution is 2.33. The largest absolute Gasteiger partial charge is 0.492 e. The van der Waals surface area contributed by atoms with Crippen molar-refractivity contribution >= 4 is 17.4 Å². The maximum absolute atomic E-state index is 11.8. The Hall–Kier alpha value is -3.88. The van der Waals surface area contributed by atoms with E-state index in [2.05, 4.69) is 32.8 Å². The Labute approximate surface area is 228 Å². The molecule has 0 atom stereocenters. The van der Waals surface area contributed by atoms with E-state index < -0.39 is 11.7 Å². The molecule has 1 amide bonds. The van der Waals surface area contributed by atoms with Crippen LogP contribution >= 0.6 is 0 Å². The van der Waals surface area contributed by atoms with Crippen LogP contribution in [0.2, 0.25) is 0 Å². The van der Waals surface area contributed by atoms with Gasteiger partial charge in [0, 0.05) is 76.0 Å². The summed E-state index contributed by atoms with van der Waals surface area (Å²) in [6.07, 6.45) is 5.83. The normalized spacial score (nSPS) is 18.1. The van der Waals surface area contributed by atoms with Gasteiger partial charge in [-0.05, 0) is 31.7 Å². The fraction of sp³-hybridized carbons (Fsp3) is 0.500. The molecule has 0 radical (unpaired) electrons. The first-order chi connectivity index (χ1) is 18.9. The van der Waals surface area contributed by atoms with Crippen LogP contribution in [0.3, 0.4) is 0 Å². The van der Waals surface area contributed by atoms with Gasteiger partial charge in [-0.15, -0.1) is 0 Å². The van der Waals surface area contributed by atoms with Gasteiger partial charge in [0.15, 0.2) is 0 Å². The molecule has 3 aromatic rings. The Balaban J connectivity index is 1.31. The third-order valence-corrected chi connectivity index (χ3v) is 7.82. The number of aromatic nitrogens is 3. The number of carbonyl (C=O) groups is 1. The number of likely N-dealkylation sites (N-methyl/N-ethyl adjacent to an activating group) is 1. The van der Waals surface area contributed by atoms with Crippen molar-refractivity contribution in [2.24, 2.45) is 5.73 Å². The summed E-state index contributed by atoms with van der Waals surface area (Å²) < 4.78 is 13.2. The minimum atomic E-state index is -0.713. The van der Waals surface area contributed by atoms with E-state index >= 15 is 0 Å². The molecular formula is C28H36N8O3. The van der Waals surface area contributed by atoms with E-state index in [-0.39, 0.29) is 0 Å². The lowest BCUT2D eigenvalue weighted by Gasteiger charge is -2.45. The summed E-state index contributed by atoms with van der Waals surface area (Å²) in [6, 6.07) is 8.16. The molecule has 206 valence electrons. The first kappa shape index (κ1) is 26.7. The Kier molecular flexibility index (Phi) is 7.86. The third kappa shape index (κ3) is 5.77. The van der Waals surface area contributed by atoms with Gasteiger partial charge >= 0.3 is 6.09 Å². The number of amides is 1. The second-order valence-electron chi connectivity index (χ2n) is 10.2. The predicted molar refractivity (Wildman–Crippen MR) is 148 cm³/mol. The summed E-state index contributed by atoms with van der Waals surface area (Å²) in [6.45, 7) is 11.8. The molecule has 2 aliphatic heterocycles. The number of primary amides is 1. The van der Waals surface area contributed by atoms with Crippen LogP contribution in [0.4, 0.5) is 10.6 Å². The smallest absolute Gasteiger partial charge is 0.405 e. The van der Waals surface area contributed by atoms with E-state index in [0.29, 0.717) is 50.4 Å². The molecule has 0 saturated carbocycles.